The predicted octanol–water partition coefficient (Wildman–Crippen LogP) is 2.35. The van der Waals surface area contributed by atoms with Gasteiger partial charge in [0, 0.05) is 26.3 Å². The Morgan fingerprint density at radius 3 is 2.44 bits per heavy atom. The summed E-state index contributed by atoms with van der Waals surface area (Å²) in [5.74, 6) is -0.390. The van der Waals surface area contributed by atoms with Crippen molar-refractivity contribution >= 4 is 33.4 Å². The molecule has 0 saturated heterocycles. The molecule has 8 nitrogen and oxygen atoms in total. The SMILES string of the molecule is CCn1cc(NC(=O)c2nn(C)c(C)c2Br)c(C(=O)NCC(C)C)n1. The van der Waals surface area contributed by atoms with Crippen LogP contribution in [0.5, 0.6) is 0 Å². The average Bonchev–Trinajstić information content (AvgIpc) is 3.08. The summed E-state index contributed by atoms with van der Waals surface area (Å²) in [6.07, 6.45) is 1.64. The van der Waals surface area contributed by atoms with Crippen LogP contribution in [-0.4, -0.2) is 37.9 Å². The van der Waals surface area contributed by atoms with Crippen molar-refractivity contribution in [2.75, 3.05) is 11.9 Å². The molecule has 0 aliphatic carbocycles. The Bertz CT molecular complexity index is 793. The molecule has 0 aliphatic heterocycles. The molecule has 2 aromatic rings. The van der Waals surface area contributed by atoms with E-state index >= 15 is 0 Å². The highest BCUT2D eigenvalue weighted by Gasteiger charge is 2.22. The number of amides is 2. The van der Waals surface area contributed by atoms with Crippen LogP contribution in [0.1, 0.15) is 47.4 Å². The number of nitrogens with zero attached hydrogens (tertiary/aromatic N) is 4. The summed E-state index contributed by atoms with van der Waals surface area (Å²) in [5, 5.41) is 14.0. The maximum Gasteiger partial charge on any atom is 0.277 e. The Hall–Kier alpha value is -2.16. The van der Waals surface area contributed by atoms with Gasteiger partial charge in [-0.1, -0.05) is 13.8 Å². The van der Waals surface area contributed by atoms with E-state index in [0.717, 1.165) is 5.69 Å². The number of hydrogen-bond acceptors (Lipinski definition) is 4. The van der Waals surface area contributed by atoms with E-state index in [0.29, 0.717) is 29.2 Å². The van der Waals surface area contributed by atoms with E-state index in [9.17, 15) is 9.59 Å². The largest absolute Gasteiger partial charge is 0.350 e. The smallest absolute Gasteiger partial charge is 0.277 e. The molecule has 2 amide bonds. The number of hydrogen-bond donors (Lipinski definition) is 2. The number of carbonyl (C=O) groups is 2. The number of rotatable bonds is 6. The van der Waals surface area contributed by atoms with Gasteiger partial charge in [-0.25, -0.2) is 0 Å². The third-order valence-corrected chi connectivity index (χ3v) is 4.65. The highest BCUT2D eigenvalue weighted by molar-refractivity contribution is 9.10. The van der Waals surface area contributed by atoms with Crippen molar-refractivity contribution in [3.05, 3.63) is 27.8 Å². The van der Waals surface area contributed by atoms with Gasteiger partial charge in [-0.2, -0.15) is 10.2 Å². The first-order chi connectivity index (χ1) is 11.7. The highest BCUT2D eigenvalue weighted by atomic mass is 79.9. The molecule has 2 heterocycles. The first-order valence-electron chi connectivity index (χ1n) is 8.10. The molecule has 25 heavy (non-hydrogen) atoms. The molecule has 0 unspecified atom stereocenters. The summed E-state index contributed by atoms with van der Waals surface area (Å²) in [6, 6.07) is 0. The average molecular weight is 411 g/mol. The van der Waals surface area contributed by atoms with Crippen LogP contribution in [0.15, 0.2) is 10.7 Å². The topological polar surface area (TPSA) is 93.8 Å². The zero-order chi connectivity index (χ0) is 18.7. The van der Waals surface area contributed by atoms with Crippen LogP contribution >= 0.6 is 15.9 Å². The molecule has 0 atom stereocenters. The Morgan fingerprint density at radius 2 is 1.92 bits per heavy atom. The van der Waals surface area contributed by atoms with Gasteiger partial charge in [0.15, 0.2) is 11.4 Å². The molecule has 0 aromatic carbocycles. The first-order valence-corrected chi connectivity index (χ1v) is 8.89. The predicted molar refractivity (Wildman–Crippen MR) is 98.7 cm³/mol. The van der Waals surface area contributed by atoms with E-state index in [-0.39, 0.29) is 17.3 Å². The van der Waals surface area contributed by atoms with Crippen LogP contribution < -0.4 is 10.6 Å². The molecule has 2 rings (SSSR count). The number of halogens is 1. The molecular formula is C16H23BrN6O2. The van der Waals surface area contributed by atoms with E-state index in [1.165, 1.54) is 0 Å². The number of aryl methyl sites for hydroxylation is 2. The van der Waals surface area contributed by atoms with Gasteiger partial charge < -0.3 is 10.6 Å². The lowest BCUT2D eigenvalue weighted by Gasteiger charge is -2.07. The van der Waals surface area contributed by atoms with Crippen molar-refractivity contribution in [1.29, 1.82) is 0 Å². The number of aromatic nitrogens is 4. The lowest BCUT2D eigenvalue weighted by atomic mass is 10.2. The quantitative estimate of drug-likeness (QED) is 0.763. The summed E-state index contributed by atoms with van der Waals surface area (Å²) in [5.41, 5.74) is 1.66. The Morgan fingerprint density at radius 1 is 1.24 bits per heavy atom. The molecule has 0 fully saturated rings. The molecule has 9 heteroatoms. The van der Waals surface area contributed by atoms with Crippen LogP contribution in [0.3, 0.4) is 0 Å². The normalized spacial score (nSPS) is 11.0. The fraction of sp³-hybridized carbons (Fsp3) is 0.500. The Labute approximate surface area is 155 Å². The van der Waals surface area contributed by atoms with E-state index < -0.39 is 5.91 Å². The molecule has 0 aliphatic rings. The molecule has 2 N–H and O–H groups in total. The maximum atomic E-state index is 12.6. The Balaban J connectivity index is 2.26. The molecule has 0 saturated carbocycles. The van der Waals surface area contributed by atoms with Crippen molar-refractivity contribution in [2.24, 2.45) is 13.0 Å². The van der Waals surface area contributed by atoms with E-state index in [1.807, 2.05) is 27.7 Å². The minimum atomic E-state index is -0.399. The highest BCUT2D eigenvalue weighted by Crippen LogP contribution is 2.22. The third-order valence-electron chi connectivity index (χ3n) is 3.70. The number of nitrogens with one attached hydrogen (secondary N) is 2. The van der Waals surface area contributed by atoms with Gasteiger partial charge in [0.1, 0.15) is 0 Å². The van der Waals surface area contributed by atoms with E-state index in [1.54, 1.807) is 22.6 Å². The third kappa shape index (κ3) is 4.28. The van der Waals surface area contributed by atoms with Gasteiger partial charge in [-0.3, -0.25) is 19.0 Å². The second-order valence-corrected chi connectivity index (χ2v) is 6.97. The molecule has 2 aromatic heterocycles. The monoisotopic (exact) mass is 410 g/mol. The first kappa shape index (κ1) is 19.2. The summed E-state index contributed by atoms with van der Waals surface area (Å²) < 4.78 is 3.85. The van der Waals surface area contributed by atoms with Crippen LogP contribution in [0.2, 0.25) is 0 Å². The van der Waals surface area contributed by atoms with Crippen molar-refractivity contribution in [3.8, 4) is 0 Å². The standard InChI is InChI=1S/C16H23BrN6O2/c1-6-23-8-11(13(21-23)15(24)18-7-9(2)3)19-16(25)14-12(17)10(4)22(5)20-14/h8-9H,6-7H2,1-5H3,(H,18,24)(H,19,25). The van der Waals surface area contributed by atoms with Gasteiger partial charge in [-0.05, 0) is 35.7 Å². The van der Waals surface area contributed by atoms with Gasteiger partial charge in [0.2, 0.25) is 0 Å². The molecule has 0 radical (unpaired) electrons. The lowest BCUT2D eigenvalue weighted by Crippen LogP contribution is -2.29. The van der Waals surface area contributed by atoms with Crippen molar-refractivity contribution in [1.82, 2.24) is 24.9 Å². The van der Waals surface area contributed by atoms with Crippen LogP contribution in [0.4, 0.5) is 5.69 Å². The molecule has 0 bridgehead atoms. The summed E-state index contributed by atoms with van der Waals surface area (Å²) >= 11 is 3.38. The van der Waals surface area contributed by atoms with Crippen LogP contribution in [-0.2, 0) is 13.6 Å². The second kappa shape index (κ2) is 7.81. The zero-order valence-corrected chi connectivity index (χ0v) is 16.6. The number of carbonyl (C=O) groups excluding carboxylic acids is 2. The fourth-order valence-corrected chi connectivity index (χ4v) is 2.65. The molecule has 136 valence electrons. The van der Waals surface area contributed by atoms with Gasteiger partial charge in [0.25, 0.3) is 11.8 Å². The van der Waals surface area contributed by atoms with Crippen LogP contribution in [0.25, 0.3) is 0 Å². The minimum absolute atomic E-state index is 0.194. The minimum Gasteiger partial charge on any atom is -0.350 e. The van der Waals surface area contributed by atoms with Gasteiger partial charge in [0.05, 0.1) is 15.9 Å². The second-order valence-electron chi connectivity index (χ2n) is 6.18. The molecule has 0 spiro atoms. The lowest BCUT2D eigenvalue weighted by molar-refractivity contribution is 0.0944. The van der Waals surface area contributed by atoms with E-state index in [2.05, 4.69) is 36.8 Å². The maximum absolute atomic E-state index is 12.6. The van der Waals surface area contributed by atoms with Crippen molar-refractivity contribution < 1.29 is 9.59 Å². The van der Waals surface area contributed by atoms with Crippen LogP contribution in [0, 0.1) is 12.8 Å². The van der Waals surface area contributed by atoms with Crippen molar-refractivity contribution in [3.63, 3.8) is 0 Å². The zero-order valence-electron chi connectivity index (χ0n) is 15.1. The summed E-state index contributed by atoms with van der Waals surface area (Å²) in [4.78, 5) is 24.9. The number of anilines is 1. The van der Waals surface area contributed by atoms with Gasteiger partial charge in [-0.15, -0.1) is 0 Å². The van der Waals surface area contributed by atoms with Crippen molar-refractivity contribution in [2.45, 2.75) is 34.2 Å². The summed E-state index contributed by atoms with van der Waals surface area (Å²) in [6.45, 7) is 8.91. The fourth-order valence-electron chi connectivity index (χ4n) is 2.13. The molecular weight excluding hydrogens is 388 g/mol. The van der Waals surface area contributed by atoms with Gasteiger partial charge >= 0.3 is 0 Å². The summed E-state index contributed by atoms with van der Waals surface area (Å²) in [7, 11) is 1.76. The Kier molecular flexibility index (Phi) is 5.99. The van der Waals surface area contributed by atoms with E-state index in [4.69, 9.17) is 0 Å².